The molecule has 2 aromatic rings. The van der Waals surface area contributed by atoms with Gasteiger partial charge in [-0.3, -0.25) is 0 Å². The number of aliphatic hydroxyl groups excluding tert-OH is 1. The van der Waals surface area contributed by atoms with Crippen molar-refractivity contribution < 1.29 is 22.3 Å². The summed E-state index contributed by atoms with van der Waals surface area (Å²) in [5.74, 6) is 0. The first kappa shape index (κ1) is 18.0. The zero-order valence-corrected chi connectivity index (χ0v) is 15.1. The molecule has 0 aliphatic carbocycles. The van der Waals surface area contributed by atoms with E-state index < -0.39 is 26.1 Å². The molecule has 0 saturated carbocycles. The fraction of sp³-hybridized carbons (Fsp3) is 0.235. The Kier molecular flexibility index (Phi) is 4.43. The van der Waals surface area contributed by atoms with E-state index in [1.54, 1.807) is 18.2 Å². The number of fused-ring (bicyclic) bond motifs is 1. The lowest BCUT2D eigenvalue weighted by atomic mass is 10.00. The van der Waals surface area contributed by atoms with Crippen LogP contribution in [-0.4, -0.2) is 18.8 Å². The van der Waals surface area contributed by atoms with Crippen LogP contribution in [0.3, 0.4) is 0 Å². The Morgan fingerprint density at radius 1 is 1.24 bits per heavy atom. The Bertz CT molecular complexity index is 999. The molecular weight excluding hydrogens is 416 g/mol. The lowest BCUT2D eigenvalue weighted by Crippen LogP contribution is -2.28. The predicted octanol–water partition coefficient (Wildman–Crippen LogP) is 3.52. The first-order chi connectivity index (χ1) is 11.7. The van der Waals surface area contributed by atoms with E-state index in [0.717, 1.165) is 11.6 Å². The lowest BCUT2D eigenvalue weighted by molar-refractivity contribution is -0.0379. The minimum Gasteiger partial charge on any atom is -0.381 e. The molecule has 0 unspecified atom stereocenters. The van der Waals surface area contributed by atoms with E-state index in [1.165, 1.54) is 6.07 Å². The van der Waals surface area contributed by atoms with E-state index >= 15 is 0 Å². The lowest BCUT2D eigenvalue weighted by Gasteiger charge is -2.13. The fourth-order valence-corrected chi connectivity index (χ4v) is 5.19. The third-order valence-corrected chi connectivity index (χ3v) is 7.01. The third kappa shape index (κ3) is 2.76. The number of aryl methyl sites for hydroxylation is 2. The Balaban J connectivity index is 1.94. The van der Waals surface area contributed by atoms with Crippen LogP contribution in [0.25, 0.3) is 0 Å². The normalized spacial score (nSPS) is 20.0. The second-order valence-electron chi connectivity index (χ2n) is 5.73. The minimum absolute atomic E-state index is 0.176. The van der Waals surface area contributed by atoms with E-state index in [4.69, 9.17) is 5.26 Å². The van der Waals surface area contributed by atoms with Gasteiger partial charge in [-0.15, -0.1) is 0 Å². The van der Waals surface area contributed by atoms with E-state index in [0.29, 0.717) is 24.0 Å². The van der Waals surface area contributed by atoms with Crippen molar-refractivity contribution in [2.24, 2.45) is 0 Å². The van der Waals surface area contributed by atoms with Crippen LogP contribution in [0, 0.1) is 11.3 Å². The number of nitrogens with zero attached hydrogens (tertiary/aromatic N) is 1. The van der Waals surface area contributed by atoms with Gasteiger partial charge in [0.1, 0.15) is 0 Å². The fourth-order valence-electron chi connectivity index (χ4n) is 2.84. The van der Waals surface area contributed by atoms with Crippen molar-refractivity contribution in [3.63, 3.8) is 0 Å². The highest BCUT2D eigenvalue weighted by atomic mass is 79.9. The van der Waals surface area contributed by atoms with Crippen LogP contribution >= 0.6 is 15.9 Å². The smallest absolute Gasteiger partial charge is 0.379 e. The average Bonchev–Trinajstić information content (AvgIpc) is 2.72. The molecule has 25 heavy (non-hydrogen) atoms. The Morgan fingerprint density at radius 2 is 1.96 bits per heavy atom. The van der Waals surface area contributed by atoms with Crippen LogP contribution in [0.5, 0.6) is 0 Å². The zero-order chi connectivity index (χ0) is 18.4. The summed E-state index contributed by atoms with van der Waals surface area (Å²) in [6.07, 6.45) is -1.43. The topological polar surface area (TPSA) is 78.2 Å². The SMILES string of the molecule is N#Cc1cccc(CCc2ccc3c(c2Br)[C@@H](O)C(F)(F)S3(=O)=O)c1. The molecule has 0 radical (unpaired) electrons. The summed E-state index contributed by atoms with van der Waals surface area (Å²) < 4.78 is 51.6. The van der Waals surface area contributed by atoms with Crippen molar-refractivity contribution in [1.29, 1.82) is 5.26 Å². The van der Waals surface area contributed by atoms with Gasteiger partial charge in [-0.25, -0.2) is 8.42 Å². The average molecular weight is 428 g/mol. The van der Waals surface area contributed by atoms with Crippen molar-refractivity contribution in [3.05, 3.63) is 63.1 Å². The second-order valence-corrected chi connectivity index (χ2v) is 8.51. The molecule has 1 N–H and O–H groups in total. The predicted molar refractivity (Wildman–Crippen MR) is 89.8 cm³/mol. The molecule has 1 atom stereocenters. The molecule has 0 spiro atoms. The highest BCUT2D eigenvalue weighted by molar-refractivity contribution is 9.10. The maximum atomic E-state index is 13.9. The number of alkyl halides is 2. The number of halogens is 3. The molecule has 0 fully saturated rings. The van der Waals surface area contributed by atoms with Crippen molar-refractivity contribution in [2.75, 3.05) is 0 Å². The summed E-state index contributed by atoms with van der Waals surface area (Å²) in [7, 11) is -4.90. The maximum Gasteiger partial charge on any atom is 0.379 e. The van der Waals surface area contributed by atoms with Crippen molar-refractivity contribution >= 4 is 25.8 Å². The molecule has 2 aromatic carbocycles. The minimum atomic E-state index is -4.90. The van der Waals surface area contributed by atoms with Crippen molar-refractivity contribution in [2.45, 2.75) is 29.1 Å². The van der Waals surface area contributed by atoms with Crippen molar-refractivity contribution in [1.82, 2.24) is 0 Å². The summed E-state index contributed by atoms with van der Waals surface area (Å²) in [6.45, 7) is 0. The van der Waals surface area contributed by atoms with Gasteiger partial charge >= 0.3 is 5.25 Å². The number of rotatable bonds is 3. The highest BCUT2D eigenvalue weighted by Crippen LogP contribution is 2.51. The van der Waals surface area contributed by atoms with Gasteiger partial charge in [-0.05, 0) is 42.2 Å². The summed E-state index contributed by atoms with van der Waals surface area (Å²) in [5.41, 5.74) is 1.72. The third-order valence-electron chi connectivity index (χ3n) is 4.20. The van der Waals surface area contributed by atoms with Gasteiger partial charge in [0.2, 0.25) is 9.84 Å². The Hall–Kier alpha value is -1.82. The monoisotopic (exact) mass is 427 g/mol. The summed E-state index contributed by atoms with van der Waals surface area (Å²) >= 11 is 3.17. The molecule has 1 heterocycles. The molecule has 3 rings (SSSR count). The molecule has 4 nitrogen and oxygen atoms in total. The summed E-state index contributed by atoms with van der Waals surface area (Å²) in [6, 6.07) is 11.6. The van der Waals surface area contributed by atoms with Gasteiger partial charge in [0, 0.05) is 10.0 Å². The molecule has 8 heteroatoms. The quantitative estimate of drug-likeness (QED) is 0.812. The van der Waals surface area contributed by atoms with Gasteiger partial charge < -0.3 is 5.11 Å². The first-order valence-corrected chi connectivity index (χ1v) is 9.58. The number of hydrogen-bond acceptors (Lipinski definition) is 4. The molecule has 1 aliphatic heterocycles. The van der Waals surface area contributed by atoms with Crippen LogP contribution in [0.4, 0.5) is 8.78 Å². The van der Waals surface area contributed by atoms with E-state index in [1.807, 2.05) is 12.1 Å². The number of sulfone groups is 1. The van der Waals surface area contributed by atoms with Crippen LogP contribution in [0.2, 0.25) is 0 Å². The maximum absolute atomic E-state index is 13.9. The van der Waals surface area contributed by atoms with Gasteiger partial charge in [-0.1, -0.05) is 34.1 Å². The molecule has 0 aromatic heterocycles. The van der Waals surface area contributed by atoms with Crippen LogP contribution in [-0.2, 0) is 22.7 Å². The van der Waals surface area contributed by atoms with Gasteiger partial charge in [-0.2, -0.15) is 14.0 Å². The van der Waals surface area contributed by atoms with Crippen LogP contribution in [0.15, 0.2) is 45.8 Å². The molecular formula is C17H12BrF2NO3S. The number of hydrogen-bond donors (Lipinski definition) is 1. The molecule has 1 aliphatic rings. The molecule has 0 amide bonds. The van der Waals surface area contributed by atoms with Crippen molar-refractivity contribution in [3.8, 4) is 6.07 Å². The first-order valence-electron chi connectivity index (χ1n) is 7.31. The van der Waals surface area contributed by atoms with E-state index in [9.17, 15) is 22.3 Å². The summed E-state index contributed by atoms with van der Waals surface area (Å²) in [4.78, 5) is -0.549. The van der Waals surface area contributed by atoms with E-state index in [2.05, 4.69) is 15.9 Å². The molecule has 130 valence electrons. The van der Waals surface area contributed by atoms with Gasteiger partial charge in [0.15, 0.2) is 6.10 Å². The Morgan fingerprint density at radius 3 is 2.64 bits per heavy atom. The highest BCUT2D eigenvalue weighted by Gasteiger charge is 2.61. The van der Waals surface area contributed by atoms with Gasteiger partial charge in [0.25, 0.3) is 0 Å². The van der Waals surface area contributed by atoms with Crippen LogP contribution in [0.1, 0.15) is 28.4 Å². The zero-order valence-electron chi connectivity index (χ0n) is 12.7. The standard InChI is InChI=1S/C17H12BrF2NO3S/c18-15-12(5-4-10-2-1-3-11(8-10)9-21)6-7-13-14(15)16(22)17(19,20)25(13,23)24/h1-3,6-8,16,22H,4-5H2/t16-/m1/s1. The Labute approximate surface area is 151 Å². The summed E-state index contributed by atoms with van der Waals surface area (Å²) in [5, 5.41) is 14.5. The van der Waals surface area contributed by atoms with E-state index in [-0.39, 0.29) is 10.0 Å². The number of aliphatic hydroxyl groups is 1. The second kappa shape index (κ2) is 6.16. The molecule has 0 saturated heterocycles. The molecule has 0 bridgehead atoms. The van der Waals surface area contributed by atoms with Crippen LogP contribution < -0.4 is 0 Å². The number of nitriles is 1. The number of benzene rings is 2. The van der Waals surface area contributed by atoms with Gasteiger partial charge in [0.05, 0.1) is 16.5 Å². The largest absolute Gasteiger partial charge is 0.381 e.